The average Bonchev–Trinajstić information content (AvgIpc) is 2.40. The lowest BCUT2D eigenvalue weighted by molar-refractivity contribution is 0.268. The SMILES string of the molecule is O=c1c(OCc2cccc(F)c2)cccn1CCO. The first-order valence-corrected chi connectivity index (χ1v) is 5.88. The van der Waals surface area contributed by atoms with Crippen molar-refractivity contribution in [1.82, 2.24) is 4.57 Å². The van der Waals surface area contributed by atoms with Gasteiger partial charge >= 0.3 is 0 Å². The maximum absolute atomic E-state index is 13.0. The predicted molar refractivity (Wildman–Crippen MR) is 68.5 cm³/mol. The van der Waals surface area contributed by atoms with Gasteiger partial charge in [0.15, 0.2) is 5.75 Å². The summed E-state index contributed by atoms with van der Waals surface area (Å²) in [6.45, 7) is 0.222. The molecule has 0 unspecified atom stereocenters. The van der Waals surface area contributed by atoms with E-state index in [2.05, 4.69) is 0 Å². The highest BCUT2D eigenvalue weighted by molar-refractivity contribution is 5.20. The van der Waals surface area contributed by atoms with Crippen molar-refractivity contribution in [3.8, 4) is 5.75 Å². The van der Waals surface area contributed by atoms with E-state index in [1.54, 1.807) is 30.5 Å². The molecule has 1 aromatic heterocycles. The lowest BCUT2D eigenvalue weighted by Gasteiger charge is -2.08. The van der Waals surface area contributed by atoms with Gasteiger partial charge < -0.3 is 14.4 Å². The summed E-state index contributed by atoms with van der Waals surface area (Å²) in [7, 11) is 0. The Kier molecular flexibility index (Phi) is 4.30. The van der Waals surface area contributed by atoms with Gasteiger partial charge in [-0.2, -0.15) is 0 Å². The largest absolute Gasteiger partial charge is 0.483 e. The van der Waals surface area contributed by atoms with Crippen molar-refractivity contribution in [2.24, 2.45) is 0 Å². The summed E-state index contributed by atoms with van der Waals surface area (Å²) >= 11 is 0. The molecule has 0 bridgehead atoms. The second kappa shape index (κ2) is 6.15. The molecule has 19 heavy (non-hydrogen) atoms. The Bertz CT molecular complexity index is 610. The Balaban J connectivity index is 2.11. The molecular formula is C14H14FNO3. The van der Waals surface area contributed by atoms with E-state index >= 15 is 0 Å². The van der Waals surface area contributed by atoms with E-state index in [0.717, 1.165) is 0 Å². The number of hydrogen-bond donors (Lipinski definition) is 1. The van der Waals surface area contributed by atoms with Gasteiger partial charge in [0.25, 0.3) is 5.56 Å². The van der Waals surface area contributed by atoms with Gasteiger partial charge in [0, 0.05) is 12.7 Å². The molecule has 0 fully saturated rings. The van der Waals surface area contributed by atoms with Crippen LogP contribution in [0.1, 0.15) is 5.56 Å². The van der Waals surface area contributed by atoms with E-state index < -0.39 is 0 Å². The number of benzene rings is 1. The van der Waals surface area contributed by atoms with Gasteiger partial charge in [0.1, 0.15) is 12.4 Å². The van der Waals surface area contributed by atoms with Gasteiger partial charge in [-0.1, -0.05) is 12.1 Å². The van der Waals surface area contributed by atoms with Crippen molar-refractivity contribution in [3.05, 3.63) is 64.3 Å². The summed E-state index contributed by atoms with van der Waals surface area (Å²) in [6.07, 6.45) is 1.58. The third kappa shape index (κ3) is 3.42. The van der Waals surface area contributed by atoms with Gasteiger partial charge in [-0.3, -0.25) is 4.79 Å². The molecule has 2 aromatic rings. The molecule has 4 nitrogen and oxygen atoms in total. The van der Waals surface area contributed by atoms with E-state index in [0.29, 0.717) is 5.56 Å². The zero-order valence-electron chi connectivity index (χ0n) is 10.3. The Labute approximate surface area is 109 Å². The number of pyridine rings is 1. The first-order chi connectivity index (χ1) is 9.20. The Morgan fingerprint density at radius 2 is 2.11 bits per heavy atom. The minimum Gasteiger partial charge on any atom is -0.483 e. The summed E-state index contributed by atoms with van der Waals surface area (Å²) in [4.78, 5) is 11.9. The van der Waals surface area contributed by atoms with Crippen molar-refractivity contribution < 1.29 is 14.2 Å². The number of aromatic nitrogens is 1. The molecule has 0 atom stereocenters. The first kappa shape index (κ1) is 13.3. The molecular weight excluding hydrogens is 249 g/mol. The second-order valence-corrected chi connectivity index (χ2v) is 4.01. The lowest BCUT2D eigenvalue weighted by Crippen LogP contribution is -2.22. The molecule has 1 N–H and O–H groups in total. The van der Waals surface area contributed by atoms with Crippen molar-refractivity contribution in [3.63, 3.8) is 0 Å². The number of aliphatic hydroxyl groups excluding tert-OH is 1. The van der Waals surface area contributed by atoms with Crippen LogP contribution in [0.15, 0.2) is 47.4 Å². The number of rotatable bonds is 5. The predicted octanol–water partition coefficient (Wildman–Crippen LogP) is 1.56. The van der Waals surface area contributed by atoms with Gasteiger partial charge in [-0.15, -0.1) is 0 Å². The van der Waals surface area contributed by atoms with Crippen LogP contribution in [0, 0.1) is 5.82 Å². The molecule has 0 saturated heterocycles. The number of halogens is 1. The van der Waals surface area contributed by atoms with Crippen molar-refractivity contribution >= 4 is 0 Å². The van der Waals surface area contributed by atoms with Crippen molar-refractivity contribution in [2.45, 2.75) is 13.2 Å². The summed E-state index contributed by atoms with van der Waals surface area (Å²) < 4.78 is 19.7. The highest BCUT2D eigenvalue weighted by Gasteiger charge is 2.04. The lowest BCUT2D eigenvalue weighted by atomic mass is 10.2. The quantitative estimate of drug-likeness (QED) is 0.890. The Hall–Kier alpha value is -2.14. The van der Waals surface area contributed by atoms with Crippen LogP contribution < -0.4 is 10.3 Å². The summed E-state index contributed by atoms with van der Waals surface area (Å²) in [5.74, 6) is -0.160. The molecule has 0 radical (unpaired) electrons. The van der Waals surface area contributed by atoms with E-state index in [-0.39, 0.29) is 36.9 Å². The fourth-order valence-corrected chi connectivity index (χ4v) is 1.70. The van der Waals surface area contributed by atoms with E-state index in [1.165, 1.54) is 16.7 Å². The summed E-state index contributed by atoms with van der Waals surface area (Å²) in [6, 6.07) is 9.23. The highest BCUT2D eigenvalue weighted by atomic mass is 19.1. The first-order valence-electron chi connectivity index (χ1n) is 5.88. The number of hydrogen-bond acceptors (Lipinski definition) is 3. The molecule has 0 aliphatic carbocycles. The minimum atomic E-state index is -0.341. The van der Waals surface area contributed by atoms with Crippen LogP contribution in [0.5, 0.6) is 5.75 Å². The molecule has 5 heteroatoms. The monoisotopic (exact) mass is 263 g/mol. The number of aliphatic hydroxyl groups is 1. The van der Waals surface area contributed by atoms with Crippen LogP contribution in [0.2, 0.25) is 0 Å². The van der Waals surface area contributed by atoms with Gasteiger partial charge in [0.2, 0.25) is 0 Å². The van der Waals surface area contributed by atoms with Gasteiger partial charge in [0.05, 0.1) is 6.61 Å². The smallest absolute Gasteiger partial charge is 0.292 e. The minimum absolute atomic E-state index is 0.118. The van der Waals surface area contributed by atoms with Crippen LogP contribution in [0.25, 0.3) is 0 Å². The molecule has 0 spiro atoms. The summed E-state index contributed by atoms with van der Waals surface area (Å²) in [5, 5.41) is 8.83. The number of nitrogens with zero attached hydrogens (tertiary/aromatic N) is 1. The van der Waals surface area contributed by atoms with Crippen molar-refractivity contribution in [2.75, 3.05) is 6.61 Å². The molecule has 0 aliphatic heterocycles. The third-order valence-electron chi connectivity index (χ3n) is 2.61. The van der Waals surface area contributed by atoms with E-state index in [4.69, 9.17) is 9.84 Å². The maximum Gasteiger partial charge on any atom is 0.292 e. The molecule has 1 heterocycles. The van der Waals surface area contributed by atoms with Crippen LogP contribution >= 0.6 is 0 Å². The molecule has 2 rings (SSSR count). The summed E-state index contributed by atoms with van der Waals surface area (Å²) in [5.41, 5.74) is 0.338. The maximum atomic E-state index is 13.0. The normalized spacial score (nSPS) is 10.4. The highest BCUT2D eigenvalue weighted by Crippen LogP contribution is 2.08. The van der Waals surface area contributed by atoms with Crippen LogP contribution in [-0.4, -0.2) is 16.3 Å². The van der Waals surface area contributed by atoms with Crippen molar-refractivity contribution in [1.29, 1.82) is 0 Å². The molecule has 1 aromatic carbocycles. The van der Waals surface area contributed by atoms with Crippen LogP contribution in [0.4, 0.5) is 4.39 Å². The molecule has 100 valence electrons. The number of ether oxygens (including phenoxy) is 1. The van der Waals surface area contributed by atoms with Gasteiger partial charge in [-0.05, 0) is 29.8 Å². The molecule has 0 saturated carbocycles. The van der Waals surface area contributed by atoms with Gasteiger partial charge in [-0.25, -0.2) is 4.39 Å². The second-order valence-electron chi connectivity index (χ2n) is 4.01. The van der Waals surface area contributed by atoms with E-state index in [9.17, 15) is 9.18 Å². The third-order valence-corrected chi connectivity index (χ3v) is 2.61. The fraction of sp³-hybridized carbons (Fsp3) is 0.214. The van der Waals surface area contributed by atoms with Crippen LogP contribution in [-0.2, 0) is 13.2 Å². The molecule has 0 aliphatic rings. The average molecular weight is 263 g/mol. The molecule has 0 amide bonds. The topological polar surface area (TPSA) is 51.5 Å². The Morgan fingerprint density at radius 1 is 1.26 bits per heavy atom. The van der Waals surface area contributed by atoms with Crippen LogP contribution in [0.3, 0.4) is 0 Å². The Morgan fingerprint density at radius 3 is 2.84 bits per heavy atom. The zero-order chi connectivity index (χ0) is 13.7. The standard InChI is InChI=1S/C14H14FNO3/c15-12-4-1-3-11(9-12)10-19-13-5-2-6-16(7-8-17)14(13)18/h1-6,9,17H,7-8,10H2. The zero-order valence-corrected chi connectivity index (χ0v) is 10.3. The fourth-order valence-electron chi connectivity index (χ4n) is 1.70. The van der Waals surface area contributed by atoms with E-state index in [1.807, 2.05) is 0 Å².